The Morgan fingerprint density at radius 1 is 1.14 bits per heavy atom. The molecule has 1 heterocycles. The highest BCUT2D eigenvalue weighted by Crippen LogP contribution is 2.13. The van der Waals surface area contributed by atoms with Crippen molar-refractivity contribution in [3.63, 3.8) is 0 Å². The SMILES string of the molecule is O=C(/C=C/c1ccc([N+](=O)[O-])cc1)NCCn1cnc(-c2ccccc2)cc1=O. The van der Waals surface area contributed by atoms with Crippen molar-refractivity contribution in [3.8, 4) is 11.3 Å². The molecule has 0 radical (unpaired) electrons. The molecule has 1 aromatic heterocycles. The zero-order valence-electron chi connectivity index (χ0n) is 15.4. The van der Waals surface area contributed by atoms with E-state index in [1.807, 2.05) is 30.3 Å². The molecule has 0 bridgehead atoms. The summed E-state index contributed by atoms with van der Waals surface area (Å²) < 4.78 is 1.42. The van der Waals surface area contributed by atoms with E-state index in [4.69, 9.17) is 0 Å². The van der Waals surface area contributed by atoms with Gasteiger partial charge in [0.05, 0.1) is 16.9 Å². The summed E-state index contributed by atoms with van der Waals surface area (Å²) >= 11 is 0. The number of aromatic nitrogens is 2. The number of hydrogen-bond acceptors (Lipinski definition) is 5. The van der Waals surface area contributed by atoms with Gasteiger partial charge in [0.1, 0.15) is 0 Å². The average Bonchev–Trinajstić information content (AvgIpc) is 2.74. The number of benzene rings is 2. The molecular weight excluding hydrogens is 372 g/mol. The van der Waals surface area contributed by atoms with Crippen LogP contribution in [0, 0.1) is 10.1 Å². The number of carbonyl (C=O) groups is 1. The summed E-state index contributed by atoms with van der Waals surface area (Å²) in [5.41, 5.74) is 1.92. The van der Waals surface area contributed by atoms with E-state index in [9.17, 15) is 19.7 Å². The van der Waals surface area contributed by atoms with E-state index in [1.54, 1.807) is 18.2 Å². The highest BCUT2D eigenvalue weighted by Gasteiger charge is 2.04. The van der Waals surface area contributed by atoms with Gasteiger partial charge in [0.2, 0.25) is 5.91 Å². The lowest BCUT2D eigenvalue weighted by Gasteiger charge is -2.07. The van der Waals surface area contributed by atoms with E-state index in [2.05, 4.69) is 10.3 Å². The Kier molecular flexibility index (Phi) is 6.26. The minimum Gasteiger partial charge on any atom is -0.351 e. The Labute approximate surface area is 166 Å². The van der Waals surface area contributed by atoms with Gasteiger partial charge in [-0.3, -0.25) is 24.3 Å². The van der Waals surface area contributed by atoms with E-state index in [-0.39, 0.29) is 30.2 Å². The molecule has 0 aliphatic rings. The first kappa shape index (κ1) is 19.7. The van der Waals surface area contributed by atoms with Gasteiger partial charge in [-0.1, -0.05) is 30.3 Å². The van der Waals surface area contributed by atoms with Crippen molar-refractivity contribution in [2.45, 2.75) is 6.54 Å². The molecule has 2 aromatic carbocycles. The standard InChI is InChI=1S/C21H18N4O4/c26-20(11-8-16-6-9-18(10-7-16)25(28)29)22-12-13-24-15-23-19(14-21(24)27)17-4-2-1-3-5-17/h1-11,14-15H,12-13H2,(H,22,26)/b11-8+. The van der Waals surface area contributed by atoms with Gasteiger partial charge in [0.25, 0.3) is 11.2 Å². The molecular formula is C21H18N4O4. The van der Waals surface area contributed by atoms with E-state index in [0.717, 1.165) is 5.56 Å². The van der Waals surface area contributed by atoms with Crippen molar-refractivity contribution in [1.29, 1.82) is 0 Å². The van der Waals surface area contributed by atoms with Crippen molar-refractivity contribution >= 4 is 17.7 Å². The van der Waals surface area contributed by atoms with Crippen molar-refractivity contribution in [1.82, 2.24) is 14.9 Å². The smallest absolute Gasteiger partial charge is 0.269 e. The molecule has 0 atom stereocenters. The number of nitro benzene ring substituents is 1. The third-order valence-corrected chi connectivity index (χ3v) is 4.13. The zero-order valence-corrected chi connectivity index (χ0v) is 15.4. The molecule has 0 aliphatic heterocycles. The second kappa shape index (κ2) is 9.23. The molecule has 0 spiro atoms. The van der Waals surface area contributed by atoms with Crippen molar-refractivity contribution in [3.05, 3.63) is 99.1 Å². The maximum absolute atomic E-state index is 12.2. The Morgan fingerprint density at radius 3 is 2.52 bits per heavy atom. The van der Waals surface area contributed by atoms with Gasteiger partial charge >= 0.3 is 0 Å². The van der Waals surface area contributed by atoms with Crippen LogP contribution < -0.4 is 10.9 Å². The van der Waals surface area contributed by atoms with E-state index < -0.39 is 4.92 Å². The highest BCUT2D eigenvalue weighted by atomic mass is 16.6. The van der Waals surface area contributed by atoms with E-state index in [0.29, 0.717) is 11.3 Å². The predicted molar refractivity (Wildman–Crippen MR) is 109 cm³/mol. The minimum absolute atomic E-state index is 0.0102. The lowest BCUT2D eigenvalue weighted by molar-refractivity contribution is -0.384. The number of carbonyl (C=O) groups excluding carboxylic acids is 1. The Balaban J connectivity index is 1.52. The molecule has 3 rings (SSSR count). The van der Waals surface area contributed by atoms with E-state index in [1.165, 1.54) is 35.2 Å². The monoisotopic (exact) mass is 390 g/mol. The topological polar surface area (TPSA) is 107 Å². The van der Waals surface area contributed by atoms with Gasteiger partial charge in [-0.2, -0.15) is 0 Å². The summed E-state index contributed by atoms with van der Waals surface area (Å²) in [5, 5.41) is 13.3. The summed E-state index contributed by atoms with van der Waals surface area (Å²) in [5.74, 6) is -0.328. The van der Waals surface area contributed by atoms with Crippen LogP contribution in [0.5, 0.6) is 0 Å². The molecule has 29 heavy (non-hydrogen) atoms. The minimum atomic E-state index is -0.483. The number of rotatable bonds is 7. The number of nitro groups is 1. The Morgan fingerprint density at radius 2 is 1.86 bits per heavy atom. The first-order valence-corrected chi connectivity index (χ1v) is 8.85. The maximum atomic E-state index is 12.2. The van der Waals surface area contributed by atoms with Gasteiger partial charge in [-0.25, -0.2) is 4.98 Å². The molecule has 146 valence electrons. The van der Waals surface area contributed by atoms with Crippen LogP contribution in [0.25, 0.3) is 17.3 Å². The molecule has 1 amide bonds. The van der Waals surface area contributed by atoms with Crippen molar-refractivity contribution in [2.24, 2.45) is 0 Å². The summed E-state index contributed by atoms with van der Waals surface area (Å²) in [6.45, 7) is 0.549. The van der Waals surface area contributed by atoms with Gasteiger partial charge in [-0.15, -0.1) is 0 Å². The molecule has 0 aliphatic carbocycles. The fourth-order valence-corrected chi connectivity index (χ4v) is 2.60. The number of amides is 1. The predicted octanol–water partition coefficient (Wildman–Crippen LogP) is 2.65. The molecule has 8 heteroatoms. The van der Waals surface area contributed by atoms with Gasteiger partial charge < -0.3 is 5.32 Å². The third-order valence-electron chi connectivity index (χ3n) is 4.13. The lowest BCUT2D eigenvalue weighted by Crippen LogP contribution is -2.29. The highest BCUT2D eigenvalue weighted by molar-refractivity contribution is 5.91. The normalized spacial score (nSPS) is 10.8. The first-order chi connectivity index (χ1) is 14.0. The first-order valence-electron chi connectivity index (χ1n) is 8.85. The summed E-state index contributed by atoms with van der Waals surface area (Å²) in [4.78, 5) is 38.6. The second-order valence-corrected chi connectivity index (χ2v) is 6.14. The van der Waals surface area contributed by atoms with Crippen LogP contribution in [-0.2, 0) is 11.3 Å². The Hall–Kier alpha value is -4.07. The van der Waals surface area contributed by atoms with Crippen LogP contribution in [0.15, 0.2) is 77.9 Å². The van der Waals surface area contributed by atoms with Gasteiger partial charge in [0.15, 0.2) is 0 Å². The van der Waals surface area contributed by atoms with Crippen LogP contribution >= 0.6 is 0 Å². The van der Waals surface area contributed by atoms with Gasteiger partial charge in [0, 0.05) is 42.9 Å². The summed E-state index contributed by atoms with van der Waals surface area (Å²) in [6.07, 6.45) is 4.35. The number of nitrogens with one attached hydrogen (secondary N) is 1. The van der Waals surface area contributed by atoms with Crippen molar-refractivity contribution < 1.29 is 9.72 Å². The number of nitrogens with zero attached hydrogens (tertiary/aromatic N) is 3. The lowest BCUT2D eigenvalue weighted by atomic mass is 10.1. The molecule has 3 aromatic rings. The average molecular weight is 390 g/mol. The van der Waals surface area contributed by atoms with E-state index >= 15 is 0 Å². The van der Waals surface area contributed by atoms with Gasteiger partial charge in [-0.05, 0) is 23.8 Å². The molecule has 1 N–H and O–H groups in total. The number of hydrogen-bond donors (Lipinski definition) is 1. The fourth-order valence-electron chi connectivity index (χ4n) is 2.60. The summed E-state index contributed by atoms with van der Waals surface area (Å²) in [7, 11) is 0. The maximum Gasteiger partial charge on any atom is 0.269 e. The molecule has 8 nitrogen and oxygen atoms in total. The Bertz CT molecular complexity index is 1090. The van der Waals surface area contributed by atoms with Crippen molar-refractivity contribution in [2.75, 3.05) is 6.54 Å². The second-order valence-electron chi connectivity index (χ2n) is 6.14. The summed E-state index contributed by atoms with van der Waals surface area (Å²) in [6, 6.07) is 16.7. The zero-order chi connectivity index (χ0) is 20.6. The van der Waals surface area contributed by atoms with Crippen LogP contribution in [0.2, 0.25) is 0 Å². The van der Waals surface area contributed by atoms with Crippen LogP contribution in [-0.4, -0.2) is 26.9 Å². The largest absolute Gasteiger partial charge is 0.351 e. The van der Waals surface area contributed by atoms with Crippen LogP contribution in [0.4, 0.5) is 5.69 Å². The number of non-ortho nitro benzene ring substituents is 1. The third kappa shape index (κ3) is 5.46. The van der Waals surface area contributed by atoms with Crippen LogP contribution in [0.3, 0.4) is 0 Å². The molecule has 0 fully saturated rings. The van der Waals surface area contributed by atoms with Crippen LogP contribution in [0.1, 0.15) is 5.56 Å². The quantitative estimate of drug-likeness (QED) is 0.379. The molecule has 0 saturated carbocycles. The fraction of sp³-hybridized carbons (Fsp3) is 0.0952. The molecule has 0 saturated heterocycles. The molecule has 0 unspecified atom stereocenters.